The second-order valence-corrected chi connectivity index (χ2v) is 8.81. The second-order valence-electron chi connectivity index (χ2n) is 8.81. The smallest absolute Gasteiger partial charge is 0.271 e. The summed E-state index contributed by atoms with van der Waals surface area (Å²) in [6, 6.07) is 20.6. The lowest BCUT2D eigenvalue weighted by molar-refractivity contribution is -0.384. The van der Waals surface area contributed by atoms with E-state index in [1.807, 2.05) is 48.5 Å². The topological polar surface area (TPSA) is 97.6 Å². The number of amides is 2. The Hall–Kier alpha value is -4.13. The van der Waals surface area contributed by atoms with Crippen LogP contribution in [0.3, 0.4) is 0 Å². The van der Waals surface area contributed by atoms with E-state index in [0.29, 0.717) is 0 Å². The molecule has 3 aliphatic carbocycles. The van der Waals surface area contributed by atoms with E-state index in [1.165, 1.54) is 31.2 Å². The number of non-ortho nitro benzene ring substituents is 1. The van der Waals surface area contributed by atoms with Gasteiger partial charge in [-0.05, 0) is 35.2 Å². The minimum Gasteiger partial charge on any atom is -0.299 e. The highest BCUT2D eigenvalue weighted by molar-refractivity contribution is 6.25. The predicted molar refractivity (Wildman–Crippen MR) is 119 cm³/mol. The fourth-order valence-corrected chi connectivity index (χ4v) is 6.37. The van der Waals surface area contributed by atoms with Crippen LogP contribution in [-0.2, 0) is 19.8 Å². The van der Waals surface area contributed by atoms with Crippen LogP contribution < -0.4 is 4.90 Å². The number of ketones is 1. The molecule has 1 saturated heterocycles. The summed E-state index contributed by atoms with van der Waals surface area (Å²) in [6.07, 6.45) is 0. The van der Waals surface area contributed by atoms with Crippen molar-refractivity contribution in [3.63, 3.8) is 0 Å². The zero-order valence-corrected chi connectivity index (χ0v) is 17.6. The number of rotatable bonds is 3. The number of benzene rings is 3. The predicted octanol–water partition coefficient (Wildman–Crippen LogP) is 3.73. The first-order chi connectivity index (χ1) is 15.9. The highest BCUT2D eigenvalue weighted by Crippen LogP contribution is 2.64. The highest BCUT2D eigenvalue weighted by Gasteiger charge is 2.70. The first kappa shape index (κ1) is 19.5. The van der Waals surface area contributed by atoms with E-state index in [1.54, 1.807) is 0 Å². The van der Waals surface area contributed by atoms with Crippen molar-refractivity contribution < 1.29 is 19.3 Å². The zero-order chi connectivity index (χ0) is 23.1. The van der Waals surface area contributed by atoms with E-state index in [0.717, 1.165) is 27.2 Å². The van der Waals surface area contributed by atoms with Gasteiger partial charge in [-0.1, -0.05) is 54.6 Å². The molecular weight excluding hydrogens is 420 g/mol. The van der Waals surface area contributed by atoms with Gasteiger partial charge in [0, 0.05) is 18.1 Å². The van der Waals surface area contributed by atoms with Crippen molar-refractivity contribution in [1.82, 2.24) is 0 Å². The number of anilines is 1. The fourth-order valence-electron chi connectivity index (χ4n) is 6.37. The number of nitro groups is 1. The summed E-state index contributed by atoms with van der Waals surface area (Å²) >= 11 is 0. The summed E-state index contributed by atoms with van der Waals surface area (Å²) in [5.41, 5.74) is 1.96. The number of hydrogen-bond donors (Lipinski definition) is 0. The largest absolute Gasteiger partial charge is 0.299 e. The molecule has 0 unspecified atom stereocenters. The summed E-state index contributed by atoms with van der Waals surface area (Å²) in [6.45, 7) is 1.48. The van der Waals surface area contributed by atoms with Crippen LogP contribution in [0.4, 0.5) is 11.4 Å². The molecule has 3 aromatic carbocycles. The molecule has 0 spiro atoms. The number of carbonyl (C=O) groups is 3. The summed E-state index contributed by atoms with van der Waals surface area (Å²) < 4.78 is 0. The van der Waals surface area contributed by atoms with Gasteiger partial charge in [-0.25, -0.2) is 4.90 Å². The molecule has 162 valence electrons. The quantitative estimate of drug-likeness (QED) is 0.353. The molecular formula is C26H18N2O5. The Labute approximate surface area is 188 Å². The Bertz CT molecular complexity index is 1360. The zero-order valence-electron chi connectivity index (χ0n) is 17.6. The van der Waals surface area contributed by atoms with Crippen LogP contribution >= 0.6 is 0 Å². The first-order valence-electron chi connectivity index (χ1n) is 10.7. The maximum absolute atomic E-state index is 13.9. The summed E-state index contributed by atoms with van der Waals surface area (Å²) in [5.74, 6) is -3.15. The Morgan fingerprint density at radius 3 is 2.09 bits per heavy atom. The molecule has 7 nitrogen and oxygen atoms in total. The average Bonchev–Trinajstić information content (AvgIpc) is 3.09. The van der Waals surface area contributed by atoms with Crippen molar-refractivity contribution in [2.24, 2.45) is 11.8 Å². The molecule has 7 rings (SSSR count). The third-order valence-electron chi connectivity index (χ3n) is 7.47. The van der Waals surface area contributed by atoms with Gasteiger partial charge in [-0.2, -0.15) is 0 Å². The third-order valence-corrected chi connectivity index (χ3v) is 7.47. The van der Waals surface area contributed by atoms with Crippen LogP contribution in [-0.4, -0.2) is 22.5 Å². The molecule has 3 aromatic rings. The Balaban J connectivity index is 1.64. The van der Waals surface area contributed by atoms with Gasteiger partial charge in [0.25, 0.3) is 5.69 Å². The summed E-state index contributed by atoms with van der Waals surface area (Å²) in [7, 11) is 0. The van der Waals surface area contributed by atoms with Crippen LogP contribution in [0, 0.1) is 22.0 Å². The van der Waals surface area contributed by atoms with Gasteiger partial charge in [0.2, 0.25) is 11.8 Å². The van der Waals surface area contributed by atoms with Gasteiger partial charge in [0.15, 0.2) is 0 Å². The lowest BCUT2D eigenvalue weighted by atomic mass is 9.46. The molecule has 2 amide bonds. The van der Waals surface area contributed by atoms with Crippen molar-refractivity contribution in [2.45, 2.75) is 18.3 Å². The van der Waals surface area contributed by atoms with E-state index in [9.17, 15) is 24.5 Å². The lowest BCUT2D eigenvalue weighted by Crippen LogP contribution is -2.57. The van der Waals surface area contributed by atoms with Crippen LogP contribution in [0.5, 0.6) is 0 Å². The number of imide groups is 1. The van der Waals surface area contributed by atoms with Gasteiger partial charge in [0.05, 0.1) is 27.9 Å². The van der Waals surface area contributed by atoms with Gasteiger partial charge < -0.3 is 0 Å². The van der Waals surface area contributed by atoms with Gasteiger partial charge in [-0.3, -0.25) is 24.5 Å². The molecule has 33 heavy (non-hydrogen) atoms. The molecule has 0 aromatic heterocycles. The van der Waals surface area contributed by atoms with E-state index >= 15 is 0 Å². The maximum Gasteiger partial charge on any atom is 0.271 e. The van der Waals surface area contributed by atoms with E-state index in [-0.39, 0.29) is 23.1 Å². The third kappa shape index (κ3) is 2.21. The number of nitro benzene ring substituents is 1. The van der Waals surface area contributed by atoms with Crippen LogP contribution in [0.1, 0.15) is 35.1 Å². The molecule has 7 heteroatoms. The summed E-state index contributed by atoms with van der Waals surface area (Å²) in [4.78, 5) is 53.1. The molecule has 4 aliphatic rings. The average molecular weight is 438 g/mol. The number of Topliss-reactive ketones (excluding diaryl/α,β-unsaturated/α-hetero) is 1. The number of nitrogens with zero attached hydrogens (tertiary/aromatic N) is 2. The second kappa shape index (κ2) is 6.45. The maximum atomic E-state index is 13.9. The number of carbonyl (C=O) groups excluding carboxylic acids is 3. The standard InChI is InChI=1S/C26H18N2O5/c1-14(29)26-19-11-4-2-9-17(19)21(18-10-3-5-12-20(18)26)22-23(26)25(31)27(24(22)30)15-7-6-8-16(13-15)28(32)33/h2-13,21-23H,1H3/t21?,22-,23-,26?/m1/s1. The SMILES string of the molecule is CC(=O)C12c3ccccc3C(c3ccccc31)[C@H]1C(=O)N(c3cccc([N+](=O)[O-])c3)C(=O)[C@@H]12. The molecule has 2 bridgehead atoms. The van der Waals surface area contributed by atoms with Crippen LogP contribution in [0.15, 0.2) is 72.8 Å². The van der Waals surface area contributed by atoms with E-state index in [2.05, 4.69) is 0 Å². The number of hydrogen-bond acceptors (Lipinski definition) is 5. The molecule has 1 aliphatic heterocycles. The van der Waals surface area contributed by atoms with Crippen molar-refractivity contribution in [3.05, 3.63) is 105 Å². The molecule has 1 heterocycles. The van der Waals surface area contributed by atoms with Crippen molar-refractivity contribution in [2.75, 3.05) is 4.90 Å². The van der Waals surface area contributed by atoms with Gasteiger partial charge in [0.1, 0.15) is 5.78 Å². The first-order valence-corrected chi connectivity index (χ1v) is 10.7. The van der Waals surface area contributed by atoms with Gasteiger partial charge >= 0.3 is 0 Å². The fraction of sp³-hybridized carbons (Fsp3) is 0.192. The Morgan fingerprint density at radius 2 is 1.52 bits per heavy atom. The normalized spacial score (nSPS) is 26.6. The molecule has 0 N–H and O–H groups in total. The minimum atomic E-state index is -1.28. The van der Waals surface area contributed by atoms with Crippen molar-refractivity contribution in [3.8, 4) is 0 Å². The van der Waals surface area contributed by atoms with E-state index < -0.39 is 34.0 Å². The Kier molecular flexibility index (Phi) is 3.82. The Morgan fingerprint density at radius 1 is 0.909 bits per heavy atom. The van der Waals surface area contributed by atoms with Crippen LogP contribution in [0.25, 0.3) is 0 Å². The monoisotopic (exact) mass is 438 g/mol. The highest BCUT2D eigenvalue weighted by atomic mass is 16.6. The van der Waals surface area contributed by atoms with Crippen molar-refractivity contribution in [1.29, 1.82) is 0 Å². The van der Waals surface area contributed by atoms with E-state index in [4.69, 9.17) is 0 Å². The molecule has 2 atom stereocenters. The van der Waals surface area contributed by atoms with Crippen molar-refractivity contribution >= 4 is 29.0 Å². The lowest BCUT2D eigenvalue weighted by Gasteiger charge is -2.52. The molecule has 1 fully saturated rings. The van der Waals surface area contributed by atoms with Gasteiger partial charge in [-0.15, -0.1) is 0 Å². The molecule has 0 radical (unpaired) electrons. The summed E-state index contributed by atoms with van der Waals surface area (Å²) in [5, 5.41) is 11.3. The molecule has 0 saturated carbocycles. The van der Waals surface area contributed by atoms with Crippen LogP contribution in [0.2, 0.25) is 0 Å². The minimum absolute atomic E-state index is 0.153.